The maximum absolute atomic E-state index is 6.72. The number of nitrogen functional groups attached to an aromatic ring is 1. The summed E-state index contributed by atoms with van der Waals surface area (Å²) in [6, 6.07) is 8.56. The van der Waals surface area contributed by atoms with Crippen molar-refractivity contribution in [3.63, 3.8) is 0 Å². The lowest BCUT2D eigenvalue weighted by Gasteiger charge is -2.44. The second-order valence-electron chi connectivity index (χ2n) is 8.94. The number of methoxy groups -OCH3 is 1. The van der Waals surface area contributed by atoms with Crippen molar-refractivity contribution in [2.24, 2.45) is 0 Å². The fourth-order valence-electron chi connectivity index (χ4n) is 5.26. The van der Waals surface area contributed by atoms with Crippen LogP contribution < -0.4 is 15.2 Å². The smallest absolute Gasteiger partial charge is 0.167 e. The summed E-state index contributed by atoms with van der Waals surface area (Å²) in [6.45, 7) is 13.0. The largest absolute Gasteiger partial charge is 0.497 e. The zero-order valence-corrected chi connectivity index (χ0v) is 18.6. The van der Waals surface area contributed by atoms with E-state index in [4.69, 9.17) is 15.2 Å². The summed E-state index contributed by atoms with van der Waals surface area (Å²) in [4.78, 5) is 2.54. The average Bonchev–Trinajstić information content (AvgIpc) is 3.03. The molecular formula is C25H34N2O2. The second-order valence-corrected chi connectivity index (χ2v) is 8.94. The van der Waals surface area contributed by atoms with E-state index < -0.39 is 0 Å². The summed E-state index contributed by atoms with van der Waals surface area (Å²) < 4.78 is 12.0. The molecule has 0 amide bonds. The van der Waals surface area contributed by atoms with Gasteiger partial charge in [-0.25, -0.2) is 0 Å². The summed E-state index contributed by atoms with van der Waals surface area (Å²) in [5.41, 5.74) is 13.2. The van der Waals surface area contributed by atoms with Gasteiger partial charge in [0.15, 0.2) is 5.72 Å². The third-order valence-electron chi connectivity index (χ3n) is 7.61. The molecular weight excluding hydrogens is 360 g/mol. The van der Waals surface area contributed by atoms with Gasteiger partial charge in [-0.1, -0.05) is 19.1 Å². The molecule has 4 heteroatoms. The van der Waals surface area contributed by atoms with Gasteiger partial charge in [-0.2, -0.15) is 0 Å². The summed E-state index contributed by atoms with van der Waals surface area (Å²) >= 11 is 0. The molecule has 0 spiro atoms. The number of rotatable bonds is 3. The lowest BCUT2D eigenvalue weighted by atomic mass is 9.84. The van der Waals surface area contributed by atoms with Crippen molar-refractivity contribution in [2.75, 3.05) is 25.9 Å². The van der Waals surface area contributed by atoms with E-state index in [0.717, 1.165) is 48.7 Å². The highest BCUT2D eigenvalue weighted by Crippen LogP contribution is 2.52. The molecule has 2 aromatic rings. The zero-order chi connectivity index (χ0) is 20.9. The summed E-state index contributed by atoms with van der Waals surface area (Å²) in [7, 11) is 1.72. The molecule has 2 N–H and O–H groups in total. The molecule has 2 heterocycles. The average molecular weight is 395 g/mol. The van der Waals surface area contributed by atoms with Crippen LogP contribution in [0.1, 0.15) is 66.3 Å². The van der Waals surface area contributed by atoms with Gasteiger partial charge in [0.2, 0.25) is 0 Å². The normalized spacial score (nSPS) is 25.0. The lowest BCUT2D eigenvalue weighted by molar-refractivity contribution is -0.0811. The van der Waals surface area contributed by atoms with Crippen LogP contribution in [-0.4, -0.2) is 30.8 Å². The van der Waals surface area contributed by atoms with Crippen LogP contribution in [0.25, 0.3) is 0 Å². The number of anilines is 1. The molecule has 0 aliphatic carbocycles. The van der Waals surface area contributed by atoms with Crippen molar-refractivity contribution in [3.05, 3.63) is 52.1 Å². The van der Waals surface area contributed by atoms with Gasteiger partial charge in [-0.15, -0.1) is 0 Å². The van der Waals surface area contributed by atoms with Gasteiger partial charge in [0.1, 0.15) is 11.5 Å². The minimum atomic E-state index is -0.317. The number of hydrogen-bond acceptors (Lipinski definition) is 4. The highest BCUT2D eigenvalue weighted by Gasteiger charge is 2.49. The van der Waals surface area contributed by atoms with Gasteiger partial charge in [-0.3, -0.25) is 4.90 Å². The van der Waals surface area contributed by atoms with Crippen LogP contribution in [0, 0.1) is 20.8 Å². The number of likely N-dealkylation sites (tertiary alicyclic amines) is 1. The van der Waals surface area contributed by atoms with E-state index in [1.807, 2.05) is 0 Å². The van der Waals surface area contributed by atoms with Gasteiger partial charge >= 0.3 is 0 Å². The second kappa shape index (κ2) is 7.24. The molecule has 4 rings (SSSR count). The third kappa shape index (κ3) is 3.09. The standard InChI is InChI=1S/C25H34N2O2/c1-15-16(2)24-22(17(3)23(15)26)18(4)25(5,29-24)27-13-11-20(12-14-27)19-7-9-21(28-6)10-8-19/h7-10,18,20H,11-14,26H2,1-6H3/t18?,25-/m1/s1. The molecule has 2 aliphatic rings. The predicted molar refractivity (Wildman–Crippen MR) is 119 cm³/mol. The maximum atomic E-state index is 6.72. The number of piperidine rings is 1. The zero-order valence-electron chi connectivity index (χ0n) is 18.6. The molecule has 2 atom stereocenters. The van der Waals surface area contributed by atoms with E-state index in [2.05, 4.69) is 63.8 Å². The molecule has 1 unspecified atom stereocenters. The van der Waals surface area contributed by atoms with Crippen molar-refractivity contribution in [3.8, 4) is 11.5 Å². The number of nitrogens with two attached hydrogens (primary N) is 1. The summed E-state index contributed by atoms with van der Waals surface area (Å²) in [6.07, 6.45) is 2.29. The van der Waals surface area contributed by atoms with E-state index in [9.17, 15) is 0 Å². The lowest BCUT2D eigenvalue weighted by Crippen LogP contribution is -2.54. The molecule has 2 aromatic carbocycles. The van der Waals surface area contributed by atoms with Crippen LogP contribution in [0.15, 0.2) is 24.3 Å². The van der Waals surface area contributed by atoms with Gasteiger partial charge < -0.3 is 15.2 Å². The Bertz CT molecular complexity index is 914. The molecule has 0 aromatic heterocycles. The van der Waals surface area contributed by atoms with Gasteiger partial charge in [0, 0.05) is 30.3 Å². The minimum Gasteiger partial charge on any atom is -0.497 e. The molecule has 0 saturated carbocycles. The Hall–Kier alpha value is -2.20. The van der Waals surface area contributed by atoms with Crippen molar-refractivity contribution in [1.82, 2.24) is 4.90 Å². The van der Waals surface area contributed by atoms with E-state index in [1.54, 1.807) is 7.11 Å². The Balaban J connectivity index is 1.54. The molecule has 156 valence electrons. The Morgan fingerprint density at radius 3 is 2.24 bits per heavy atom. The quantitative estimate of drug-likeness (QED) is 0.718. The van der Waals surface area contributed by atoms with Crippen LogP contribution >= 0.6 is 0 Å². The van der Waals surface area contributed by atoms with Crippen LogP contribution in [0.2, 0.25) is 0 Å². The molecule has 1 saturated heterocycles. The van der Waals surface area contributed by atoms with E-state index in [-0.39, 0.29) is 11.6 Å². The van der Waals surface area contributed by atoms with Gasteiger partial charge in [0.25, 0.3) is 0 Å². The Morgan fingerprint density at radius 1 is 1.03 bits per heavy atom. The first-order valence-electron chi connectivity index (χ1n) is 10.7. The number of ether oxygens (including phenoxy) is 2. The SMILES string of the molecule is COc1ccc(C2CCN([C@]3(C)Oc4c(C)c(C)c(N)c(C)c4C3C)CC2)cc1. The van der Waals surface area contributed by atoms with Gasteiger partial charge in [0.05, 0.1) is 7.11 Å². The third-order valence-corrected chi connectivity index (χ3v) is 7.61. The maximum Gasteiger partial charge on any atom is 0.167 e. The topological polar surface area (TPSA) is 47.7 Å². The van der Waals surface area contributed by atoms with E-state index in [0.29, 0.717) is 5.92 Å². The van der Waals surface area contributed by atoms with Crippen molar-refractivity contribution < 1.29 is 9.47 Å². The first-order chi connectivity index (χ1) is 13.8. The highest BCUT2D eigenvalue weighted by atomic mass is 16.5. The first-order valence-corrected chi connectivity index (χ1v) is 10.7. The van der Waals surface area contributed by atoms with E-state index >= 15 is 0 Å². The number of hydrogen-bond donors (Lipinski definition) is 1. The molecule has 29 heavy (non-hydrogen) atoms. The molecule has 0 bridgehead atoms. The van der Waals surface area contributed by atoms with Crippen LogP contribution in [0.4, 0.5) is 5.69 Å². The minimum absolute atomic E-state index is 0.289. The van der Waals surface area contributed by atoms with Crippen LogP contribution in [-0.2, 0) is 0 Å². The fraction of sp³-hybridized carbons (Fsp3) is 0.520. The first kappa shape index (κ1) is 20.1. The van der Waals surface area contributed by atoms with Crippen LogP contribution in [0.3, 0.4) is 0 Å². The summed E-state index contributed by atoms with van der Waals surface area (Å²) in [5, 5.41) is 0. The van der Waals surface area contributed by atoms with Crippen molar-refractivity contribution >= 4 is 5.69 Å². The number of fused-ring (bicyclic) bond motifs is 1. The Labute approximate surface area is 175 Å². The Morgan fingerprint density at radius 2 is 1.66 bits per heavy atom. The summed E-state index contributed by atoms with van der Waals surface area (Å²) in [5.74, 6) is 2.87. The predicted octanol–water partition coefficient (Wildman–Crippen LogP) is 5.29. The molecule has 0 radical (unpaired) electrons. The van der Waals surface area contributed by atoms with E-state index in [1.165, 1.54) is 22.3 Å². The molecule has 1 fully saturated rings. The number of benzene rings is 2. The number of nitrogens with zero attached hydrogens (tertiary/aromatic N) is 1. The van der Waals surface area contributed by atoms with Crippen molar-refractivity contribution in [2.45, 2.75) is 65.0 Å². The highest BCUT2D eigenvalue weighted by molar-refractivity contribution is 5.67. The van der Waals surface area contributed by atoms with Crippen LogP contribution in [0.5, 0.6) is 11.5 Å². The van der Waals surface area contributed by atoms with Gasteiger partial charge in [-0.05, 0) is 80.8 Å². The Kier molecular flexibility index (Phi) is 5.02. The fourth-order valence-corrected chi connectivity index (χ4v) is 5.26. The monoisotopic (exact) mass is 394 g/mol. The molecule has 2 aliphatic heterocycles. The van der Waals surface area contributed by atoms with Crippen molar-refractivity contribution in [1.29, 1.82) is 0 Å². The molecule has 4 nitrogen and oxygen atoms in total.